The van der Waals surface area contributed by atoms with Crippen molar-refractivity contribution in [1.29, 1.82) is 0 Å². The van der Waals surface area contributed by atoms with Crippen LogP contribution in [0.3, 0.4) is 0 Å². The van der Waals surface area contributed by atoms with Crippen LogP contribution >= 0.6 is 11.6 Å². The van der Waals surface area contributed by atoms with E-state index in [1.807, 2.05) is 19.2 Å². The highest BCUT2D eigenvalue weighted by atomic mass is 35.5. The van der Waals surface area contributed by atoms with Crippen LogP contribution in [0.25, 0.3) is 0 Å². The van der Waals surface area contributed by atoms with E-state index in [2.05, 4.69) is 11.4 Å². The van der Waals surface area contributed by atoms with Gasteiger partial charge in [0.25, 0.3) is 0 Å². The predicted octanol–water partition coefficient (Wildman–Crippen LogP) is 2.56. The molecule has 3 heteroatoms. The summed E-state index contributed by atoms with van der Waals surface area (Å²) >= 11 is 6.17. The Bertz CT molecular complexity index is 340. The van der Waals surface area contributed by atoms with Crippen molar-refractivity contribution < 1.29 is 4.74 Å². The monoisotopic (exact) mass is 225 g/mol. The summed E-state index contributed by atoms with van der Waals surface area (Å²) in [6, 6.07) is 6.09. The Morgan fingerprint density at radius 3 is 3.20 bits per heavy atom. The van der Waals surface area contributed by atoms with Gasteiger partial charge in [-0.05, 0) is 43.6 Å². The SMILES string of the molecule is CNCC[C@@H]1OCCc2c(Cl)cccc21. The first kappa shape index (κ1) is 10.9. The first-order chi connectivity index (χ1) is 7.33. The van der Waals surface area contributed by atoms with Gasteiger partial charge in [0, 0.05) is 5.02 Å². The van der Waals surface area contributed by atoms with E-state index in [0.29, 0.717) is 0 Å². The number of halogens is 1. The highest BCUT2D eigenvalue weighted by molar-refractivity contribution is 6.31. The van der Waals surface area contributed by atoms with E-state index in [1.54, 1.807) is 0 Å². The molecule has 1 aliphatic rings. The lowest BCUT2D eigenvalue weighted by molar-refractivity contribution is 0.0371. The maximum absolute atomic E-state index is 6.17. The fraction of sp³-hybridized carbons (Fsp3) is 0.500. The van der Waals surface area contributed by atoms with Crippen LogP contribution in [0.1, 0.15) is 23.7 Å². The van der Waals surface area contributed by atoms with Crippen LogP contribution in [0.5, 0.6) is 0 Å². The van der Waals surface area contributed by atoms with Crippen LogP contribution in [0.4, 0.5) is 0 Å². The van der Waals surface area contributed by atoms with Gasteiger partial charge in [-0.1, -0.05) is 23.7 Å². The topological polar surface area (TPSA) is 21.3 Å². The van der Waals surface area contributed by atoms with Crippen LogP contribution in [0.2, 0.25) is 5.02 Å². The summed E-state index contributed by atoms with van der Waals surface area (Å²) in [4.78, 5) is 0. The molecular weight excluding hydrogens is 210 g/mol. The number of benzene rings is 1. The molecule has 1 aromatic rings. The quantitative estimate of drug-likeness (QED) is 0.854. The van der Waals surface area contributed by atoms with Crippen molar-refractivity contribution in [2.75, 3.05) is 20.2 Å². The first-order valence-electron chi connectivity index (χ1n) is 5.36. The molecule has 1 heterocycles. The van der Waals surface area contributed by atoms with Gasteiger partial charge in [0.05, 0.1) is 12.7 Å². The normalized spacial score (nSPS) is 20.0. The van der Waals surface area contributed by atoms with Crippen molar-refractivity contribution in [3.63, 3.8) is 0 Å². The number of fused-ring (bicyclic) bond motifs is 1. The largest absolute Gasteiger partial charge is 0.373 e. The van der Waals surface area contributed by atoms with Gasteiger partial charge in [-0.3, -0.25) is 0 Å². The smallest absolute Gasteiger partial charge is 0.0840 e. The van der Waals surface area contributed by atoms with Gasteiger partial charge < -0.3 is 10.1 Å². The minimum Gasteiger partial charge on any atom is -0.373 e. The van der Waals surface area contributed by atoms with Gasteiger partial charge in [-0.25, -0.2) is 0 Å². The number of hydrogen-bond acceptors (Lipinski definition) is 2. The zero-order valence-electron chi connectivity index (χ0n) is 8.92. The van der Waals surface area contributed by atoms with Crippen molar-refractivity contribution >= 4 is 11.6 Å². The molecule has 0 radical (unpaired) electrons. The van der Waals surface area contributed by atoms with Crippen molar-refractivity contribution in [3.8, 4) is 0 Å². The van der Waals surface area contributed by atoms with E-state index in [1.165, 1.54) is 11.1 Å². The minimum absolute atomic E-state index is 0.208. The Morgan fingerprint density at radius 2 is 2.40 bits per heavy atom. The van der Waals surface area contributed by atoms with Gasteiger partial charge in [0.15, 0.2) is 0 Å². The van der Waals surface area contributed by atoms with Gasteiger partial charge >= 0.3 is 0 Å². The fourth-order valence-corrected chi connectivity index (χ4v) is 2.32. The molecular formula is C12H16ClNO. The first-order valence-corrected chi connectivity index (χ1v) is 5.74. The molecule has 0 saturated heterocycles. The van der Waals surface area contributed by atoms with E-state index in [4.69, 9.17) is 16.3 Å². The Kier molecular flexibility index (Phi) is 3.62. The average Bonchev–Trinajstić information content (AvgIpc) is 2.27. The molecule has 0 saturated carbocycles. The van der Waals surface area contributed by atoms with E-state index in [9.17, 15) is 0 Å². The highest BCUT2D eigenvalue weighted by Gasteiger charge is 2.21. The second-order valence-electron chi connectivity index (χ2n) is 3.81. The average molecular weight is 226 g/mol. The van der Waals surface area contributed by atoms with E-state index >= 15 is 0 Å². The third-order valence-corrected chi connectivity index (χ3v) is 3.18. The summed E-state index contributed by atoms with van der Waals surface area (Å²) in [5.74, 6) is 0. The standard InChI is InChI=1S/C12H16ClNO/c1-14-7-5-12-10-3-2-4-11(13)9(10)6-8-15-12/h2-4,12,14H,5-8H2,1H3/t12-/m0/s1. The summed E-state index contributed by atoms with van der Waals surface area (Å²) in [5.41, 5.74) is 2.54. The summed E-state index contributed by atoms with van der Waals surface area (Å²) in [5, 5.41) is 4.03. The zero-order chi connectivity index (χ0) is 10.7. The molecule has 0 bridgehead atoms. The fourth-order valence-electron chi connectivity index (χ4n) is 2.05. The molecule has 1 N–H and O–H groups in total. The third-order valence-electron chi connectivity index (χ3n) is 2.83. The number of ether oxygens (including phenoxy) is 1. The minimum atomic E-state index is 0.208. The van der Waals surface area contributed by atoms with Crippen molar-refractivity contribution in [2.24, 2.45) is 0 Å². The van der Waals surface area contributed by atoms with Gasteiger partial charge in [-0.15, -0.1) is 0 Å². The van der Waals surface area contributed by atoms with Gasteiger partial charge in [-0.2, -0.15) is 0 Å². The van der Waals surface area contributed by atoms with Crippen LogP contribution < -0.4 is 5.32 Å². The molecule has 82 valence electrons. The second kappa shape index (κ2) is 4.97. The number of hydrogen-bond donors (Lipinski definition) is 1. The Labute approximate surface area is 95.6 Å². The van der Waals surface area contributed by atoms with Crippen molar-refractivity contribution in [2.45, 2.75) is 18.9 Å². The number of nitrogens with one attached hydrogen (secondary N) is 1. The molecule has 0 amide bonds. The van der Waals surface area contributed by atoms with Crippen LogP contribution in [-0.4, -0.2) is 20.2 Å². The van der Waals surface area contributed by atoms with E-state index in [-0.39, 0.29) is 6.10 Å². The van der Waals surface area contributed by atoms with Crippen molar-refractivity contribution in [1.82, 2.24) is 5.32 Å². The molecule has 1 aromatic carbocycles. The van der Waals surface area contributed by atoms with Crippen molar-refractivity contribution in [3.05, 3.63) is 34.3 Å². The van der Waals surface area contributed by atoms with Crippen LogP contribution in [-0.2, 0) is 11.2 Å². The molecule has 0 unspecified atom stereocenters. The molecule has 0 fully saturated rings. The highest BCUT2D eigenvalue weighted by Crippen LogP contribution is 2.33. The molecule has 1 atom stereocenters. The molecule has 1 aliphatic heterocycles. The third kappa shape index (κ3) is 2.33. The maximum Gasteiger partial charge on any atom is 0.0840 e. The van der Waals surface area contributed by atoms with Gasteiger partial charge in [0.1, 0.15) is 0 Å². The lowest BCUT2D eigenvalue weighted by Crippen LogP contribution is -2.20. The summed E-state index contributed by atoms with van der Waals surface area (Å²) in [6.45, 7) is 1.75. The Balaban J connectivity index is 2.22. The van der Waals surface area contributed by atoms with Crippen LogP contribution in [0, 0.1) is 0 Å². The molecule has 0 aliphatic carbocycles. The Hall–Kier alpha value is -0.570. The lowest BCUT2D eigenvalue weighted by Gasteiger charge is -2.26. The number of rotatable bonds is 3. The van der Waals surface area contributed by atoms with Crippen LogP contribution in [0.15, 0.2) is 18.2 Å². The molecule has 2 rings (SSSR count). The van der Waals surface area contributed by atoms with E-state index in [0.717, 1.165) is 31.0 Å². The summed E-state index contributed by atoms with van der Waals surface area (Å²) < 4.78 is 5.76. The second-order valence-corrected chi connectivity index (χ2v) is 4.22. The predicted molar refractivity (Wildman–Crippen MR) is 62.4 cm³/mol. The molecule has 0 aromatic heterocycles. The zero-order valence-corrected chi connectivity index (χ0v) is 9.68. The lowest BCUT2D eigenvalue weighted by atomic mass is 9.96. The summed E-state index contributed by atoms with van der Waals surface area (Å²) in [6.07, 6.45) is 2.15. The maximum atomic E-state index is 6.17. The van der Waals surface area contributed by atoms with Gasteiger partial charge in [0.2, 0.25) is 0 Å². The molecule has 2 nitrogen and oxygen atoms in total. The molecule has 0 spiro atoms. The summed E-state index contributed by atoms with van der Waals surface area (Å²) in [7, 11) is 1.96. The Morgan fingerprint density at radius 1 is 1.53 bits per heavy atom. The molecule has 15 heavy (non-hydrogen) atoms. The van der Waals surface area contributed by atoms with E-state index < -0.39 is 0 Å².